The molecule has 0 unspecified atom stereocenters. The van der Waals surface area contributed by atoms with E-state index in [-0.39, 0.29) is 18.1 Å². The van der Waals surface area contributed by atoms with Crippen molar-refractivity contribution in [2.45, 2.75) is 24.8 Å². The van der Waals surface area contributed by atoms with E-state index in [1.165, 1.54) is 12.5 Å². The van der Waals surface area contributed by atoms with Crippen molar-refractivity contribution >= 4 is 5.91 Å². The number of hydrogen-bond donors (Lipinski definition) is 3. The van der Waals surface area contributed by atoms with Crippen LogP contribution in [0.4, 0.5) is 0 Å². The maximum atomic E-state index is 11.6. The molecule has 0 aromatic carbocycles. The lowest BCUT2D eigenvalue weighted by atomic mass is 9.77. The van der Waals surface area contributed by atoms with Gasteiger partial charge < -0.3 is 15.4 Å². The van der Waals surface area contributed by atoms with E-state index in [0.29, 0.717) is 5.69 Å². The number of nitrogens with one attached hydrogen (secondary N) is 2. The van der Waals surface area contributed by atoms with Crippen LogP contribution in [0.5, 0.6) is 0 Å². The number of amides is 1. The van der Waals surface area contributed by atoms with Crippen molar-refractivity contribution in [3.8, 4) is 0 Å². The molecule has 1 fully saturated rings. The third-order valence-corrected chi connectivity index (χ3v) is 2.73. The molecule has 0 atom stereocenters. The summed E-state index contributed by atoms with van der Waals surface area (Å²) < 4.78 is 0. The molecule has 76 valence electrons. The molecule has 0 saturated heterocycles. The summed E-state index contributed by atoms with van der Waals surface area (Å²) in [4.78, 5) is 18.1. The van der Waals surface area contributed by atoms with Crippen LogP contribution in [0.3, 0.4) is 0 Å². The number of aliphatic hydroxyl groups is 1. The van der Waals surface area contributed by atoms with Gasteiger partial charge in [0, 0.05) is 0 Å². The maximum absolute atomic E-state index is 11.6. The summed E-state index contributed by atoms with van der Waals surface area (Å²) in [5.74, 6) is -0.198. The Hall–Kier alpha value is -1.36. The number of nitrogens with zero attached hydrogens (tertiary/aromatic N) is 1. The van der Waals surface area contributed by atoms with E-state index in [2.05, 4.69) is 15.3 Å². The van der Waals surface area contributed by atoms with Gasteiger partial charge in [-0.1, -0.05) is 0 Å². The van der Waals surface area contributed by atoms with Crippen molar-refractivity contribution in [1.82, 2.24) is 15.3 Å². The SMILES string of the molecule is O=C(NC1(CO)CCC1)c1cnc[nH]1. The minimum atomic E-state index is -0.387. The zero-order valence-corrected chi connectivity index (χ0v) is 7.79. The maximum Gasteiger partial charge on any atom is 0.269 e. The van der Waals surface area contributed by atoms with E-state index in [9.17, 15) is 4.79 Å². The number of aromatic nitrogens is 2. The molecule has 3 N–H and O–H groups in total. The summed E-state index contributed by atoms with van der Waals surface area (Å²) in [7, 11) is 0. The first kappa shape index (κ1) is 9.21. The molecule has 1 aromatic rings. The summed E-state index contributed by atoms with van der Waals surface area (Å²) in [6, 6.07) is 0. The average Bonchev–Trinajstić information content (AvgIpc) is 2.63. The van der Waals surface area contributed by atoms with Crippen LogP contribution in [0.2, 0.25) is 0 Å². The Kier molecular flexibility index (Phi) is 2.25. The number of H-pyrrole nitrogens is 1. The van der Waals surface area contributed by atoms with Crippen LogP contribution in [0.1, 0.15) is 29.8 Å². The van der Waals surface area contributed by atoms with Gasteiger partial charge in [-0.3, -0.25) is 4.79 Å². The second-order valence-corrected chi connectivity index (χ2v) is 3.71. The first-order chi connectivity index (χ1) is 6.76. The van der Waals surface area contributed by atoms with Gasteiger partial charge in [-0.15, -0.1) is 0 Å². The molecule has 14 heavy (non-hydrogen) atoms. The van der Waals surface area contributed by atoms with E-state index < -0.39 is 0 Å². The topological polar surface area (TPSA) is 78.0 Å². The average molecular weight is 195 g/mol. The first-order valence-electron chi connectivity index (χ1n) is 4.67. The molecule has 0 bridgehead atoms. The largest absolute Gasteiger partial charge is 0.394 e. The molecule has 1 aromatic heterocycles. The number of rotatable bonds is 3. The monoisotopic (exact) mass is 195 g/mol. The van der Waals surface area contributed by atoms with Crippen molar-refractivity contribution in [3.05, 3.63) is 18.2 Å². The fourth-order valence-corrected chi connectivity index (χ4v) is 1.61. The fraction of sp³-hybridized carbons (Fsp3) is 0.556. The highest BCUT2D eigenvalue weighted by atomic mass is 16.3. The van der Waals surface area contributed by atoms with Gasteiger partial charge in [0.2, 0.25) is 0 Å². The molecule has 0 spiro atoms. The summed E-state index contributed by atoms with van der Waals surface area (Å²) in [6.07, 6.45) is 5.69. The summed E-state index contributed by atoms with van der Waals surface area (Å²) in [6.45, 7) is 0.00682. The number of carbonyl (C=O) groups is 1. The van der Waals surface area contributed by atoms with Crippen LogP contribution in [0.15, 0.2) is 12.5 Å². The molecule has 5 heteroatoms. The normalized spacial score (nSPS) is 18.6. The lowest BCUT2D eigenvalue weighted by molar-refractivity contribution is 0.0638. The minimum absolute atomic E-state index is 0.00682. The zero-order valence-electron chi connectivity index (χ0n) is 7.79. The Morgan fingerprint density at radius 1 is 1.71 bits per heavy atom. The highest BCUT2D eigenvalue weighted by Crippen LogP contribution is 2.31. The molecule has 5 nitrogen and oxygen atoms in total. The number of carbonyl (C=O) groups excluding carboxylic acids is 1. The third-order valence-electron chi connectivity index (χ3n) is 2.73. The number of aromatic amines is 1. The van der Waals surface area contributed by atoms with Crippen molar-refractivity contribution < 1.29 is 9.90 Å². The van der Waals surface area contributed by atoms with Gasteiger partial charge >= 0.3 is 0 Å². The molecule has 1 saturated carbocycles. The van der Waals surface area contributed by atoms with Crippen molar-refractivity contribution in [2.75, 3.05) is 6.61 Å². The predicted octanol–water partition coefficient (Wildman–Crippen LogP) is 0.0545. The quantitative estimate of drug-likeness (QED) is 0.638. The van der Waals surface area contributed by atoms with Gasteiger partial charge in [0.25, 0.3) is 5.91 Å². The molecule has 1 heterocycles. The molecule has 1 amide bonds. The zero-order chi connectivity index (χ0) is 10.0. The van der Waals surface area contributed by atoms with Crippen LogP contribution in [-0.4, -0.2) is 33.1 Å². The molecule has 0 aliphatic heterocycles. The van der Waals surface area contributed by atoms with Gasteiger partial charge in [0.15, 0.2) is 0 Å². The molecular weight excluding hydrogens is 182 g/mol. The molecule has 1 aliphatic carbocycles. The smallest absolute Gasteiger partial charge is 0.269 e. The molecule has 0 radical (unpaired) electrons. The van der Waals surface area contributed by atoms with Crippen molar-refractivity contribution in [3.63, 3.8) is 0 Å². The molecular formula is C9H13N3O2. The van der Waals surface area contributed by atoms with Crippen molar-refractivity contribution in [1.29, 1.82) is 0 Å². The van der Waals surface area contributed by atoms with Gasteiger partial charge in [-0.05, 0) is 19.3 Å². The van der Waals surface area contributed by atoms with E-state index in [0.717, 1.165) is 19.3 Å². The van der Waals surface area contributed by atoms with E-state index in [1.807, 2.05) is 0 Å². The van der Waals surface area contributed by atoms with Crippen LogP contribution in [0.25, 0.3) is 0 Å². The Labute approximate surface area is 81.5 Å². The highest BCUT2D eigenvalue weighted by Gasteiger charge is 2.37. The van der Waals surface area contributed by atoms with Gasteiger partial charge in [-0.25, -0.2) is 4.98 Å². The predicted molar refractivity (Wildman–Crippen MR) is 49.7 cm³/mol. The van der Waals surface area contributed by atoms with E-state index >= 15 is 0 Å². The summed E-state index contributed by atoms with van der Waals surface area (Å²) in [5, 5.41) is 12.0. The van der Waals surface area contributed by atoms with Gasteiger partial charge in [0.1, 0.15) is 5.69 Å². The summed E-state index contributed by atoms with van der Waals surface area (Å²) >= 11 is 0. The first-order valence-corrected chi connectivity index (χ1v) is 4.67. The summed E-state index contributed by atoms with van der Waals surface area (Å²) in [5.41, 5.74) is 0.0482. The Morgan fingerprint density at radius 2 is 2.50 bits per heavy atom. The van der Waals surface area contributed by atoms with Gasteiger partial charge in [0.05, 0.1) is 24.7 Å². The lowest BCUT2D eigenvalue weighted by Crippen LogP contribution is -2.56. The third kappa shape index (κ3) is 1.50. The van der Waals surface area contributed by atoms with E-state index in [4.69, 9.17) is 5.11 Å². The van der Waals surface area contributed by atoms with Gasteiger partial charge in [-0.2, -0.15) is 0 Å². The van der Waals surface area contributed by atoms with Crippen molar-refractivity contribution in [2.24, 2.45) is 0 Å². The molecule has 1 aliphatic rings. The second kappa shape index (κ2) is 3.42. The lowest BCUT2D eigenvalue weighted by Gasteiger charge is -2.40. The standard InChI is InChI=1S/C9H13N3O2/c13-5-9(2-1-3-9)12-8(14)7-4-10-6-11-7/h4,6,13H,1-3,5H2,(H,10,11)(H,12,14). The van der Waals surface area contributed by atoms with Crippen LogP contribution < -0.4 is 5.32 Å². The van der Waals surface area contributed by atoms with Crippen LogP contribution >= 0.6 is 0 Å². The Morgan fingerprint density at radius 3 is 2.93 bits per heavy atom. The highest BCUT2D eigenvalue weighted by molar-refractivity contribution is 5.92. The van der Waals surface area contributed by atoms with Crippen LogP contribution in [0, 0.1) is 0 Å². The number of aliphatic hydroxyl groups excluding tert-OH is 1. The Balaban J connectivity index is 2.01. The Bertz CT molecular complexity index is 311. The molecule has 2 rings (SSSR count). The number of imidazole rings is 1. The van der Waals surface area contributed by atoms with E-state index in [1.54, 1.807) is 0 Å². The number of hydrogen-bond acceptors (Lipinski definition) is 3. The van der Waals surface area contributed by atoms with Crippen LogP contribution in [-0.2, 0) is 0 Å². The minimum Gasteiger partial charge on any atom is -0.394 e. The fourth-order valence-electron chi connectivity index (χ4n) is 1.61. The second-order valence-electron chi connectivity index (χ2n) is 3.71.